The van der Waals surface area contributed by atoms with Crippen molar-refractivity contribution in [2.45, 2.75) is 25.7 Å². The van der Waals surface area contributed by atoms with Gasteiger partial charge in [-0.1, -0.05) is 24.3 Å². The molecular formula is C21H23NO4. The largest absolute Gasteiger partial charge is 0.482 e. The Hall–Kier alpha value is -2.82. The van der Waals surface area contributed by atoms with Crippen LogP contribution in [-0.2, 0) is 22.4 Å². The Bertz CT molecular complexity index is 785. The van der Waals surface area contributed by atoms with Crippen molar-refractivity contribution in [1.29, 1.82) is 0 Å². The molecule has 26 heavy (non-hydrogen) atoms. The molecule has 136 valence electrons. The first-order chi connectivity index (χ1) is 12.5. The fourth-order valence-corrected chi connectivity index (χ4v) is 3.39. The fourth-order valence-electron chi connectivity index (χ4n) is 3.39. The summed E-state index contributed by atoms with van der Waals surface area (Å²) in [6.07, 6.45) is 3.56. The molecule has 0 saturated heterocycles. The first kappa shape index (κ1) is 18.0. The van der Waals surface area contributed by atoms with Gasteiger partial charge < -0.3 is 14.7 Å². The average molecular weight is 353 g/mol. The number of fused-ring (bicyclic) bond motifs is 1. The second-order valence-corrected chi connectivity index (χ2v) is 6.71. The highest BCUT2D eigenvalue weighted by Crippen LogP contribution is 2.28. The predicted octanol–water partition coefficient (Wildman–Crippen LogP) is 3.31. The summed E-state index contributed by atoms with van der Waals surface area (Å²) < 4.78 is 5.11. The van der Waals surface area contributed by atoms with Crippen molar-refractivity contribution in [3.8, 4) is 5.75 Å². The second-order valence-electron chi connectivity index (χ2n) is 6.71. The number of benzene rings is 2. The van der Waals surface area contributed by atoms with Crippen LogP contribution in [0.3, 0.4) is 0 Å². The van der Waals surface area contributed by atoms with Gasteiger partial charge >= 0.3 is 5.97 Å². The zero-order valence-electron chi connectivity index (χ0n) is 14.9. The highest BCUT2D eigenvalue weighted by molar-refractivity contribution is 5.93. The smallest absolute Gasteiger partial charge is 0.341 e. The van der Waals surface area contributed by atoms with E-state index in [0.717, 1.165) is 24.9 Å². The van der Waals surface area contributed by atoms with Crippen LogP contribution in [0.4, 0.5) is 5.69 Å². The number of carbonyl (C=O) groups excluding carboxylic acids is 1. The number of carbonyl (C=O) groups is 2. The molecule has 0 aromatic heterocycles. The number of carboxylic acids is 1. The first-order valence-electron chi connectivity index (χ1n) is 8.81. The number of rotatable bonds is 6. The minimum atomic E-state index is -1.02. The number of nitrogens with zero attached hydrogens (tertiary/aromatic N) is 1. The van der Waals surface area contributed by atoms with Crippen molar-refractivity contribution in [2.24, 2.45) is 5.92 Å². The van der Waals surface area contributed by atoms with E-state index in [9.17, 15) is 9.59 Å². The van der Waals surface area contributed by atoms with Crippen molar-refractivity contribution in [3.05, 3.63) is 59.7 Å². The third-order valence-corrected chi connectivity index (χ3v) is 4.87. The van der Waals surface area contributed by atoms with E-state index in [4.69, 9.17) is 9.84 Å². The zero-order chi connectivity index (χ0) is 18.5. The molecule has 0 spiro atoms. The lowest BCUT2D eigenvalue weighted by Crippen LogP contribution is -2.29. The summed E-state index contributed by atoms with van der Waals surface area (Å²) in [5.74, 6) is -0.0806. The second kappa shape index (κ2) is 8.04. The van der Waals surface area contributed by atoms with Crippen LogP contribution in [0.2, 0.25) is 0 Å². The van der Waals surface area contributed by atoms with E-state index in [-0.39, 0.29) is 12.5 Å². The molecule has 0 saturated carbocycles. The molecule has 0 bridgehead atoms. The van der Waals surface area contributed by atoms with Gasteiger partial charge in [-0.2, -0.15) is 0 Å². The maximum absolute atomic E-state index is 12.6. The lowest BCUT2D eigenvalue weighted by atomic mass is 9.82. The number of anilines is 1. The standard InChI is InChI=1S/C21H23NO4/c1-22(18-8-10-19(11-9-18)26-14-21(24)25)20(23)13-15-6-7-16-4-2-3-5-17(16)12-15/h2-5,8-11,15H,6-7,12-14H2,1H3,(H,24,25). The number of aliphatic carboxylic acids is 1. The predicted molar refractivity (Wildman–Crippen MR) is 99.6 cm³/mol. The number of hydrogen-bond acceptors (Lipinski definition) is 3. The van der Waals surface area contributed by atoms with Gasteiger partial charge in [0.15, 0.2) is 6.61 Å². The number of hydrogen-bond donors (Lipinski definition) is 1. The van der Waals surface area contributed by atoms with Crippen molar-refractivity contribution in [2.75, 3.05) is 18.6 Å². The van der Waals surface area contributed by atoms with Crippen molar-refractivity contribution < 1.29 is 19.4 Å². The van der Waals surface area contributed by atoms with E-state index in [1.807, 2.05) is 0 Å². The highest BCUT2D eigenvalue weighted by atomic mass is 16.5. The van der Waals surface area contributed by atoms with E-state index in [1.54, 1.807) is 36.2 Å². The van der Waals surface area contributed by atoms with Crippen LogP contribution in [-0.4, -0.2) is 30.6 Å². The summed E-state index contributed by atoms with van der Waals surface area (Å²) in [6, 6.07) is 15.4. The molecule has 1 atom stereocenters. The van der Waals surface area contributed by atoms with Crippen molar-refractivity contribution >= 4 is 17.6 Å². The Morgan fingerprint density at radius 3 is 2.50 bits per heavy atom. The normalized spacial score (nSPS) is 15.8. The van der Waals surface area contributed by atoms with Crippen LogP contribution in [0.15, 0.2) is 48.5 Å². The van der Waals surface area contributed by atoms with Crippen LogP contribution in [0.5, 0.6) is 5.75 Å². The molecule has 1 aliphatic carbocycles. The topological polar surface area (TPSA) is 66.8 Å². The quantitative estimate of drug-likeness (QED) is 0.865. The number of carboxylic acid groups (broad SMARTS) is 1. The summed E-state index contributed by atoms with van der Waals surface area (Å²) in [5.41, 5.74) is 3.54. The SMILES string of the molecule is CN(C(=O)CC1CCc2ccccc2C1)c1ccc(OCC(=O)O)cc1. The van der Waals surface area contributed by atoms with Gasteiger partial charge in [-0.15, -0.1) is 0 Å². The van der Waals surface area contributed by atoms with E-state index >= 15 is 0 Å². The van der Waals surface area contributed by atoms with E-state index < -0.39 is 5.97 Å². The molecule has 1 aliphatic rings. The van der Waals surface area contributed by atoms with Crippen LogP contribution >= 0.6 is 0 Å². The van der Waals surface area contributed by atoms with E-state index in [1.165, 1.54) is 11.1 Å². The Morgan fingerprint density at radius 2 is 1.81 bits per heavy atom. The molecule has 0 fully saturated rings. The molecule has 0 heterocycles. The average Bonchev–Trinajstić information content (AvgIpc) is 2.66. The van der Waals surface area contributed by atoms with E-state index in [0.29, 0.717) is 18.1 Å². The fraction of sp³-hybridized carbons (Fsp3) is 0.333. The highest BCUT2D eigenvalue weighted by Gasteiger charge is 2.22. The molecule has 0 radical (unpaired) electrons. The van der Waals surface area contributed by atoms with Gasteiger partial charge in [-0.3, -0.25) is 4.79 Å². The molecule has 1 N–H and O–H groups in total. The molecule has 3 rings (SSSR count). The van der Waals surface area contributed by atoms with Crippen molar-refractivity contribution in [1.82, 2.24) is 0 Å². The summed E-state index contributed by atoms with van der Waals surface area (Å²) >= 11 is 0. The Balaban J connectivity index is 1.57. The Kier molecular flexibility index (Phi) is 5.56. The number of ether oxygens (including phenoxy) is 1. The number of amides is 1. The monoisotopic (exact) mass is 353 g/mol. The van der Waals surface area contributed by atoms with E-state index in [2.05, 4.69) is 24.3 Å². The summed E-state index contributed by atoms with van der Waals surface area (Å²) in [5, 5.41) is 8.63. The Morgan fingerprint density at radius 1 is 1.12 bits per heavy atom. The Labute approximate surface area is 153 Å². The van der Waals surface area contributed by atoms with Crippen LogP contribution in [0.1, 0.15) is 24.0 Å². The van der Waals surface area contributed by atoms with Gasteiger partial charge in [-0.05, 0) is 60.6 Å². The molecule has 1 unspecified atom stereocenters. The van der Waals surface area contributed by atoms with Gasteiger partial charge in [-0.25, -0.2) is 4.79 Å². The summed E-state index contributed by atoms with van der Waals surface area (Å²) in [7, 11) is 1.77. The van der Waals surface area contributed by atoms with Gasteiger partial charge in [0, 0.05) is 19.2 Å². The molecule has 1 amide bonds. The molecule has 5 nitrogen and oxygen atoms in total. The molecule has 5 heteroatoms. The minimum absolute atomic E-state index is 0.0913. The third kappa shape index (κ3) is 4.42. The van der Waals surface area contributed by atoms with Gasteiger partial charge in [0.25, 0.3) is 0 Å². The van der Waals surface area contributed by atoms with Gasteiger partial charge in [0.2, 0.25) is 5.91 Å². The van der Waals surface area contributed by atoms with Crippen LogP contribution in [0, 0.1) is 5.92 Å². The summed E-state index contributed by atoms with van der Waals surface area (Å²) in [6.45, 7) is -0.378. The third-order valence-electron chi connectivity index (χ3n) is 4.87. The lowest BCUT2D eigenvalue weighted by Gasteiger charge is -2.26. The lowest BCUT2D eigenvalue weighted by molar-refractivity contribution is -0.139. The van der Waals surface area contributed by atoms with Crippen LogP contribution in [0.25, 0.3) is 0 Å². The first-order valence-corrected chi connectivity index (χ1v) is 8.81. The molecular weight excluding hydrogens is 330 g/mol. The van der Waals surface area contributed by atoms with Gasteiger partial charge in [0.05, 0.1) is 0 Å². The summed E-state index contributed by atoms with van der Waals surface area (Å²) in [4.78, 5) is 24.8. The molecule has 2 aromatic carbocycles. The van der Waals surface area contributed by atoms with Gasteiger partial charge in [0.1, 0.15) is 5.75 Å². The van der Waals surface area contributed by atoms with Crippen LogP contribution < -0.4 is 9.64 Å². The molecule has 2 aromatic rings. The minimum Gasteiger partial charge on any atom is -0.482 e. The molecule has 0 aliphatic heterocycles. The maximum atomic E-state index is 12.6. The van der Waals surface area contributed by atoms with Crippen molar-refractivity contribution in [3.63, 3.8) is 0 Å². The maximum Gasteiger partial charge on any atom is 0.341 e. The zero-order valence-corrected chi connectivity index (χ0v) is 14.9. The number of aryl methyl sites for hydroxylation is 1.